The van der Waals surface area contributed by atoms with Crippen LogP contribution >= 0.6 is 0 Å². The van der Waals surface area contributed by atoms with Crippen LogP contribution in [0.15, 0.2) is 12.2 Å². The SMILES string of the molecule is Cc1c(C)c(C)c(OC(F)(F)/C=C/CC2CCC(CC3CCC(CC4CCC(C)CC4)CC3)CC2)c(C)c1C. The lowest BCUT2D eigenvalue weighted by Crippen LogP contribution is -2.24. The Bertz CT molecular complexity index is 926. The number of alkyl halides is 2. The van der Waals surface area contributed by atoms with Gasteiger partial charge in [0.05, 0.1) is 0 Å². The van der Waals surface area contributed by atoms with E-state index in [0.29, 0.717) is 11.7 Å². The Morgan fingerprint density at radius 1 is 0.590 bits per heavy atom. The molecule has 3 fully saturated rings. The molecule has 39 heavy (non-hydrogen) atoms. The summed E-state index contributed by atoms with van der Waals surface area (Å²) >= 11 is 0. The first-order chi connectivity index (χ1) is 18.5. The molecule has 3 heteroatoms. The summed E-state index contributed by atoms with van der Waals surface area (Å²) in [6, 6.07) is 0. The fourth-order valence-electron chi connectivity index (χ4n) is 8.10. The summed E-state index contributed by atoms with van der Waals surface area (Å²) in [5.41, 5.74) is 4.85. The summed E-state index contributed by atoms with van der Waals surface area (Å²) < 4.78 is 34.9. The maximum Gasteiger partial charge on any atom is 0.419 e. The summed E-state index contributed by atoms with van der Waals surface area (Å²) in [6.07, 6.45) is 19.7. The van der Waals surface area contributed by atoms with Gasteiger partial charge in [0.15, 0.2) is 0 Å². The van der Waals surface area contributed by atoms with Crippen LogP contribution < -0.4 is 4.74 Å². The van der Waals surface area contributed by atoms with Gasteiger partial charge in [-0.25, -0.2) is 0 Å². The van der Waals surface area contributed by atoms with E-state index in [4.69, 9.17) is 4.74 Å². The standard InChI is InChI=1S/C36H56F2O/c1-24-9-11-31(12-10-24)22-33-17-19-34(20-18-33)23-32-15-13-30(14-16-32)8-7-21-36(37,38)39-35-28(5)26(3)25(2)27(4)29(35)6/h7,21,24,30-34H,8-20,22-23H2,1-6H3/b21-7+. The van der Waals surface area contributed by atoms with Crippen molar-refractivity contribution in [2.45, 2.75) is 144 Å². The van der Waals surface area contributed by atoms with Crippen LogP contribution in [0.2, 0.25) is 0 Å². The maximum absolute atomic E-state index is 14.8. The Morgan fingerprint density at radius 3 is 1.38 bits per heavy atom. The van der Waals surface area contributed by atoms with Crippen LogP contribution in [0.3, 0.4) is 0 Å². The molecule has 1 nitrogen and oxygen atoms in total. The number of rotatable bonds is 9. The molecule has 1 aromatic carbocycles. The Morgan fingerprint density at radius 2 is 0.949 bits per heavy atom. The van der Waals surface area contributed by atoms with Crippen LogP contribution in [-0.2, 0) is 0 Å². The molecular weight excluding hydrogens is 486 g/mol. The van der Waals surface area contributed by atoms with Gasteiger partial charge in [0, 0.05) is 6.08 Å². The zero-order valence-electron chi connectivity index (χ0n) is 25.9. The minimum absolute atomic E-state index is 0.336. The lowest BCUT2D eigenvalue weighted by molar-refractivity contribution is -0.132. The Kier molecular flexibility index (Phi) is 10.6. The van der Waals surface area contributed by atoms with E-state index in [0.717, 1.165) is 69.9 Å². The second-order valence-electron chi connectivity index (χ2n) is 14.1. The highest BCUT2D eigenvalue weighted by Crippen LogP contribution is 2.42. The van der Waals surface area contributed by atoms with Crippen molar-refractivity contribution in [1.29, 1.82) is 0 Å². The fraction of sp³-hybridized carbons (Fsp3) is 0.778. The topological polar surface area (TPSA) is 9.23 Å². The molecule has 3 aliphatic carbocycles. The summed E-state index contributed by atoms with van der Waals surface area (Å²) in [4.78, 5) is 0. The lowest BCUT2D eigenvalue weighted by atomic mass is 9.70. The third-order valence-electron chi connectivity index (χ3n) is 11.4. The van der Waals surface area contributed by atoms with Crippen molar-refractivity contribution in [2.24, 2.45) is 35.5 Å². The van der Waals surface area contributed by atoms with Crippen molar-refractivity contribution in [3.05, 3.63) is 40.0 Å². The average molecular weight is 543 g/mol. The molecule has 3 aliphatic rings. The molecule has 0 aromatic heterocycles. The van der Waals surface area contributed by atoms with E-state index in [-0.39, 0.29) is 0 Å². The van der Waals surface area contributed by atoms with Gasteiger partial charge < -0.3 is 4.74 Å². The number of hydrogen-bond acceptors (Lipinski definition) is 1. The second-order valence-corrected chi connectivity index (χ2v) is 14.1. The molecule has 0 amide bonds. The minimum atomic E-state index is -3.28. The van der Waals surface area contributed by atoms with Gasteiger partial charge in [-0.2, -0.15) is 8.78 Å². The number of benzene rings is 1. The van der Waals surface area contributed by atoms with Crippen molar-refractivity contribution < 1.29 is 13.5 Å². The van der Waals surface area contributed by atoms with Crippen molar-refractivity contribution in [3.8, 4) is 5.75 Å². The van der Waals surface area contributed by atoms with E-state index in [1.807, 2.05) is 34.6 Å². The highest BCUT2D eigenvalue weighted by molar-refractivity contribution is 5.53. The molecular formula is C36H56F2O. The van der Waals surface area contributed by atoms with Gasteiger partial charge in [-0.15, -0.1) is 0 Å². The van der Waals surface area contributed by atoms with E-state index in [9.17, 15) is 8.78 Å². The van der Waals surface area contributed by atoms with E-state index in [2.05, 4.69) is 6.92 Å². The second kappa shape index (κ2) is 13.5. The Labute approximate surface area is 238 Å². The molecule has 0 N–H and O–H groups in total. The number of hydrogen-bond donors (Lipinski definition) is 0. The van der Waals surface area contributed by atoms with Crippen LogP contribution in [0.5, 0.6) is 5.75 Å². The van der Waals surface area contributed by atoms with Crippen molar-refractivity contribution in [2.75, 3.05) is 0 Å². The van der Waals surface area contributed by atoms with Crippen LogP contribution in [0, 0.1) is 70.1 Å². The molecule has 1 aromatic rings. The number of halogens is 2. The molecule has 0 spiro atoms. The average Bonchev–Trinajstić information content (AvgIpc) is 2.92. The summed E-state index contributed by atoms with van der Waals surface area (Å²) in [5, 5.41) is 0. The molecule has 0 radical (unpaired) electrons. The van der Waals surface area contributed by atoms with Gasteiger partial charge in [0.25, 0.3) is 0 Å². The molecule has 3 saturated carbocycles. The fourth-order valence-corrected chi connectivity index (χ4v) is 8.10. The number of allylic oxidation sites excluding steroid dienone is 1. The summed E-state index contributed by atoms with van der Waals surface area (Å²) in [7, 11) is 0. The molecule has 0 bridgehead atoms. The molecule has 0 unspecified atom stereocenters. The highest BCUT2D eigenvalue weighted by atomic mass is 19.3. The quantitative estimate of drug-likeness (QED) is 0.282. The molecule has 0 heterocycles. The monoisotopic (exact) mass is 542 g/mol. The molecule has 220 valence electrons. The van der Waals surface area contributed by atoms with Gasteiger partial charge in [0.1, 0.15) is 5.75 Å². The van der Waals surface area contributed by atoms with Crippen LogP contribution in [0.4, 0.5) is 8.78 Å². The largest absolute Gasteiger partial charge is 0.429 e. The molecule has 0 saturated heterocycles. The predicted molar refractivity (Wildman–Crippen MR) is 161 cm³/mol. The van der Waals surface area contributed by atoms with Gasteiger partial charge in [0.2, 0.25) is 0 Å². The zero-order valence-corrected chi connectivity index (χ0v) is 25.9. The van der Waals surface area contributed by atoms with E-state index in [1.165, 1.54) is 89.9 Å². The predicted octanol–water partition coefficient (Wildman–Crippen LogP) is 11.4. The van der Waals surface area contributed by atoms with E-state index < -0.39 is 6.11 Å². The first kappa shape index (κ1) is 30.6. The van der Waals surface area contributed by atoms with Crippen LogP contribution in [0.1, 0.15) is 131 Å². The highest BCUT2D eigenvalue weighted by Gasteiger charge is 2.31. The third kappa shape index (κ3) is 8.32. The summed E-state index contributed by atoms with van der Waals surface area (Å²) in [5.74, 6) is 5.64. The first-order valence-electron chi connectivity index (χ1n) is 16.3. The van der Waals surface area contributed by atoms with Crippen LogP contribution in [-0.4, -0.2) is 6.11 Å². The van der Waals surface area contributed by atoms with Gasteiger partial charge in [-0.3, -0.25) is 0 Å². The van der Waals surface area contributed by atoms with Crippen LogP contribution in [0.25, 0.3) is 0 Å². The Balaban J connectivity index is 1.15. The molecule has 0 aliphatic heterocycles. The number of ether oxygens (including phenoxy) is 1. The Hall–Kier alpha value is -1.38. The lowest BCUT2D eigenvalue weighted by Gasteiger charge is -2.36. The van der Waals surface area contributed by atoms with E-state index >= 15 is 0 Å². The minimum Gasteiger partial charge on any atom is -0.429 e. The molecule has 4 rings (SSSR count). The zero-order chi connectivity index (χ0) is 28.2. The third-order valence-corrected chi connectivity index (χ3v) is 11.4. The van der Waals surface area contributed by atoms with Gasteiger partial charge in [-0.05, 0) is 130 Å². The molecule has 0 atom stereocenters. The summed E-state index contributed by atoms with van der Waals surface area (Å²) in [6.45, 7) is 12.2. The normalized spacial score (nSPS) is 30.6. The van der Waals surface area contributed by atoms with Crippen molar-refractivity contribution >= 4 is 0 Å². The van der Waals surface area contributed by atoms with Crippen molar-refractivity contribution in [1.82, 2.24) is 0 Å². The van der Waals surface area contributed by atoms with Crippen molar-refractivity contribution in [3.63, 3.8) is 0 Å². The van der Waals surface area contributed by atoms with E-state index in [1.54, 1.807) is 6.08 Å². The first-order valence-corrected chi connectivity index (χ1v) is 16.3. The van der Waals surface area contributed by atoms with Gasteiger partial charge in [-0.1, -0.05) is 77.2 Å². The maximum atomic E-state index is 14.8. The van der Waals surface area contributed by atoms with Gasteiger partial charge >= 0.3 is 6.11 Å². The smallest absolute Gasteiger partial charge is 0.419 e.